The summed E-state index contributed by atoms with van der Waals surface area (Å²) in [5.74, 6) is 0.632. The maximum atomic E-state index is 11.9. The molecule has 1 N–H and O–H groups in total. The fraction of sp³-hybridized carbons (Fsp3) is 0.105. The van der Waals surface area contributed by atoms with Gasteiger partial charge < -0.3 is 10.1 Å². The summed E-state index contributed by atoms with van der Waals surface area (Å²) in [6.45, 7) is 5.37. The number of carbonyl (C=O) groups is 1. The first-order valence-corrected chi connectivity index (χ1v) is 8.01. The number of thioether (sulfide) groups is 1. The van der Waals surface area contributed by atoms with Crippen molar-refractivity contribution in [1.82, 2.24) is 5.32 Å². The van der Waals surface area contributed by atoms with Gasteiger partial charge in [0.1, 0.15) is 5.75 Å². The standard InChI is InChI=1S/C19H19NO2S/c1-14(2)19(21)20-18(15-7-5-4-6-8-15)13-23-17-11-9-16(22-3)10-12-17/h4-13H,1H2,2-3H3,(H,20,21). The summed E-state index contributed by atoms with van der Waals surface area (Å²) in [6, 6.07) is 17.5. The lowest BCUT2D eigenvalue weighted by Gasteiger charge is -2.10. The molecule has 0 aromatic heterocycles. The molecule has 4 heteroatoms. The molecule has 0 saturated carbocycles. The van der Waals surface area contributed by atoms with E-state index in [2.05, 4.69) is 11.9 Å². The Morgan fingerprint density at radius 3 is 2.35 bits per heavy atom. The minimum Gasteiger partial charge on any atom is -0.497 e. The predicted octanol–water partition coefficient (Wildman–Crippen LogP) is 4.48. The number of hydrogen-bond donors (Lipinski definition) is 1. The van der Waals surface area contributed by atoms with Crippen molar-refractivity contribution in [2.75, 3.05) is 7.11 Å². The van der Waals surface area contributed by atoms with Gasteiger partial charge in [-0.25, -0.2) is 0 Å². The molecule has 0 radical (unpaired) electrons. The summed E-state index contributed by atoms with van der Waals surface area (Å²) < 4.78 is 5.15. The fourth-order valence-corrected chi connectivity index (χ4v) is 2.54. The highest BCUT2D eigenvalue weighted by Gasteiger charge is 2.07. The summed E-state index contributed by atoms with van der Waals surface area (Å²) in [5.41, 5.74) is 2.17. The lowest BCUT2D eigenvalue weighted by molar-refractivity contribution is -0.116. The lowest BCUT2D eigenvalue weighted by atomic mass is 10.1. The summed E-state index contributed by atoms with van der Waals surface area (Å²) in [5, 5.41) is 4.83. The number of amides is 1. The molecule has 2 rings (SSSR count). The zero-order chi connectivity index (χ0) is 16.7. The Balaban J connectivity index is 2.21. The molecule has 0 aliphatic rings. The van der Waals surface area contributed by atoms with Crippen molar-refractivity contribution >= 4 is 23.4 Å². The van der Waals surface area contributed by atoms with Crippen molar-refractivity contribution in [3.63, 3.8) is 0 Å². The fourth-order valence-electron chi connectivity index (χ4n) is 1.80. The van der Waals surface area contributed by atoms with Crippen LogP contribution in [0.1, 0.15) is 12.5 Å². The molecule has 0 spiro atoms. The van der Waals surface area contributed by atoms with Crippen molar-refractivity contribution in [2.45, 2.75) is 11.8 Å². The van der Waals surface area contributed by atoms with E-state index in [1.807, 2.05) is 60.0 Å². The van der Waals surface area contributed by atoms with Crippen LogP contribution in [-0.2, 0) is 4.79 Å². The molecule has 0 saturated heterocycles. The van der Waals surface area contributed by atoms with Gasteiger partial charge in [-0.1, -0.05) is 48.7 Å². The highest BCUT2D eigenvalue weighted by atomic mass is 32.2. The Morgan fingerprint density at radius 1 is 1.13 bits per heavy atom. The average molecular weight is 325 g/mol. The zero-order valence-corrected chi connectivity index (χ0v) is 14.0. The van der Waals surface area contributed by atoms with Crippen LogP contribution in [0.15, 0.2) is 77.1 Å². The molecule has 0 atom stereocenters. The maximum Gasteiger partial charge on any atom is 0.250 e. The van der Waals surface area contributed by atoms with Crippen molar-refractivity contribution in [2.24, 2.45) is 0 Å². The van der Waals surface area contributed by atoms with Gasteiger partial charge >= 0.3 is 0 Å². The van der Waals surface area contributed by atoms with E-state index in [-0.39, 0.29) is 5.91 Å². The second kappa shape index (κ2) is 8.25. The third-order valence-corrected chi connectivity index (χ3v) is 3.99. The molecular weight excluding hydrogens is 306 g/mol. The van der Waals surface area contributed by atoms with E-state index < -0.39 is 0 Å². The van der Waals surface area contributed by atoms with Gasteiger partial charge in [0.15, 0.2) is 0 Å². The van der Waals surface area contributed by atoms with Gasteiger partial charge in [-0.3, -0.25) is 4.79 Å². The first-order chi connectivity index (χ1) is 11.1. The number of carbonyl (C=O) groups excluding carboxylic acids is 1. The van der Waals surface area contributed by atoms with Crippen LogP contribution in [0.3, 0.4) is 0 Å². The van der Waals surface area contributed by atoms with Crippen LogP contribution in [0.4, 0.5) is 0 Å². The largest absolute Gasteiger partial charge is 0.497 e. The van der Waals surface area contributed by atoms with Crippen LogP contribution in [0, 0.1) is 0 Å². The zero-order valence-electron chi connectivity index (χ0n) is 13.2. The molecule has 0 aliphatic carbocycles. The predicted molar refractivity (Wildman–Crippen MR) is 96.2 cm³/mol. The van der Waals surface area contributed by atoms with Gasteiger partial charge in [0.05, 0.1) is 12.8 Å². The quantitative estimate of drug-likeness (QED) is 0.629. The molecule has 0 heterocycles. The molecule has 118 valence electrons. The highest BCUT2D eigenvalue weighted by molar-refractivity contribution is 8.02. The Morgan fingerprint density at radius 2 is 1.78 bits per heavy atom. The number of rotatable bonds is 6. The molecule has 2 aromatic rings. The van der Waals surface area contributed by atoms with Gasteiger partial charge in [0.25, 0.3) is 5.91 Å². The molecule has 0 fully saturated rings. The minimum atomic E-state index is -0.185. The van der Waals surface area contributed by atoms with E-state index in [0.717, 1.165) is 21.9 Å². The number of hydrogen-bond acceptors (Lipinski definition) is 3. The monoisotopic (exact) mass is 325 g/mol. The average Bonchev–Trinajstić information content (AvgIpc) is 2.59. The van der Waals surface area contributed by atoms with E-state index in [1.54, 1.807) is 14.0 Å². The third-order valence-electron chi connectivity index (χ3n) is 3.09. The van der Waals surface area contributed by atoms with Gasteiger partial charge in [0.2, 0.25) is 0 Å². The lowest BCUT2D eigenvalue weighted by Crippen LogP contribution is -2.22. The summed E-state index contributed by atoms with van der Waals surface area (Å²) in [4.78, 5) is 13.0. The van der Waals surface area contributed by atoms with Crippen LogP contribution >= 0.6 is 11.8 Å². The summed E-state index contributed by atoms with van der Waals surface area (Å²) in [7, 11) is 1.64. The Kier molecular flexibility index (Phi) is 6.06. The first-order valence-electron chi connectivity index (χ1n) is 7.13. The van der Waals surface area contributed by atoms with E-state index >= 15 is 0 Å². The smallest absolute Gasteiger partial charge is 0.250 e. The van der Waals surface area contributed by atoms with E-state index in [1.165, 1.54) is 11.8 Å². The maximum absolute atomic E-state index is 11.9. The van der Waals surface area contributed by atoms with Gasteiger partial charge in [-0.15, -0.1) is 0 Å². The molecule has 0 aliphatic heterocycles. The van der Waals surface area contributed by atoms with Gasteiger partial charge in [-0.2, -0.15) is 0 Å². The molecule has 0 bridgehead atoms. The van der Waals surface area contributed by atoms with Crippen molar-refractivity contribution in [3.05, 3.63) is 77.7 Å². The second-order valence-electron chi connectivity index (χ2n) is 4.93. The molecule has 3 nitrogen and oxygen atoms in total. The van der Waals surface area contributed by atoms with E-state index in [4.69, 9.17) is 4.74 Å². The third kappa shape index (κ3) is 5.04. The summed E-state index contributed by atoms with van der Waals surface area (Å²) >= 11 is 1.53. The number of nitrogens with one attached hydrogen (secondary N) is 1. The normalized spacial score (nSPS) is 11.0. The molecule has 0 unspecified atom stereocenters. The van der Waals surface area contributed by atoms with Crippen molar-refractivity contribution in [1.29, 1.82) is 0 Å². The number of methoxy groups -OCH3 is 1. The second-order valence-corrected chi connectivity index (χ2v) is 5.87. The number of benzene rings is 2. The number of ether oxygens (including phenoxy) is 1. The molecular formula is C19H19NO2S. The van der Waals surface area contributed by atoms with E-state index in [9.17, 15) is 4.79 Å². The Bertz CT molecular complexity index is 706. The van der Waals surface area contributed by atoms with Gasteiger partial charge in [-0.05, 0) is 36.8 Å². The van der Waals surface area contributed by atoms with Crippen LogP contribution < -0.4 is 10.1 Å². The topological polar surface area (TPSA) is 38.3 Å². The summed E-state index contributed by atoms with van der Waals surface area (Å²) in [6.07, 6.45) is 0. The molecule has 1 amide bonds. The van der Waals surface area contributed by atoms with Crippen molar-refractivity contribution in [3.8, 4) is 5.75 Å². The molecule has 2 aromatic carbocycles. The highest BCUT2D eigenvalue weighted by Crippen LogP contribution is 2.25. The van der Waals surface area contributed by atoms with Crippen LogP contribution in [-0.4, -0.2) is 13.0 Å². The Labute approximate surface area is 141 Å². The van der Waals surface area contributed by atoms with Crippen LogP contribution in [0.25, 0.3) is 5.70 Å². The molecule has 23 heavy (non-hydrogen) atoms. The van der Waals surface area contributed by atoms with Crippen LogP contribution in [0.5, 0.6) is 5.75 Å². The minimum absolute atomic E-state index is 0.185. The Hall–Kier alpha value is -2.46. The van der Waals surface area contributed by atoms with Gasteiger partial charge in [0, 0.05) is 15.9 Å². The SMILES string of the molecule is C=C(C)C(=O)NC(=CSc1ccc(OC)cc1)c1ccccc1. The van der Waals surface area contributed by atoms with E-state index in [0.29, 0.717) is 5.57 Å². The van der Waals surface area contributed by atoms with Crippen LogP contribution in [0.2, 0.25) is 0 Å². The van der Waals surface area contributed by atoms with Crippen molar-refractivity contribution < 1.29 is 9.53 Å². The first kappa shape index (κ1) is 16.9.